The molecule has 0 spiro atoms. The number of carbonyl (C=O) groups excluding carboxylic acids is 3. The SMILES string of the molecule is CC(=O)N1CCC[C@H]1C(=O)N1CCCN(CCC(=O)Nc2cccnc2)CC1. The van der Waals surface area contributed by atoms with E-state index >= 15 is 0 Å². The van der Waals surface area contributed by atoms with Crippen LogP contribution in [0.3, 0.4) is 0 Å². The van der Waals surface area contributed by atoms with E-state index in [0.717, 1.165) is 32.4 Å². The summed E-state index contributed by atoms with van der Waals surface area (Å²) in [7, 11) is 0. The van der Waals surface area contributed by atoms with Crippen LogP contribution in [0.15, 0.2) is 24.5 Å². The molecule has 0 aromatic carbocycles. The molecule has 1 aromatic heterocycles. The second-order valence-corrected chi connectivity index (χ2v) is 7.43. The lowest BCUT2D eigenvalue weighted by atomic mass is 10.2. The molecule has 3 amide bonds. The van der Waals surface area contributed by atoms with Gasteiger partial charge >= 0.3 is 0 Å². The van der Waals surface area contributed by atoms with E-state index in [1.54, 1.807) is 23.4 Å². The van der Waals surface area contributed by atoms with Crippen LogP contribution in [0.25, 0.3) is 0 Å². The first-order valence-corrected chi connectivity index (χ1v) is 10.0. The molecule has 2 fully saturated rings. The van der Waals surface area contributed by atoms with E-state index in [2.05, 4.69) is 15.2 Å². The molecule has 2 aliphatic rings. The van der Waals surface area contributed by atoms with Crippen LogP contribution in [0, 0.1) is 0 Å². The highest BCUT2D eigenvalue weighted by atomic mass is 16.2. The Morgan fingerprint density at radius 3 is 2.75 bits per heavy atom. The Labute approximate surface area is 165 Å². The highest BCUT2D eigenvalue weighted by Crippen LogP contribution is 2.20. The standard InChI is InChI=1S/C20H29N5O3/c1-16(26)25-11-3-6-18(25)20(28)24-10-4-9-23(13-14-24)12-7-19(27)22-17-5-2-8-21-15-17/h2,5,8,15,18H,3-4,6-7,9-14H2,1H3,(H,22,27)/t18-/m0/s1. The molecule has 0 aliphatic carbocycles. The van der Waals surface area contributed by atoms with Crippen LogP contribution in [-0.2, 0) is 14.4 Å². The summed E-state index contributed by atoms with van der Waals surface area (Å²) in [4.78, 5) is 46.6. The maximum absolute atomic E-state index is 12.9. The number of amides is 3. The summed E-state index contributed by atoms with van der Waals surface area (Å²) in [5, 5.41) is 2.85. The minimum absolute atomic E-state index is 0.0214. The second-order valence-electron chi connectivity index (χ2n) is 7.43. The van der Waals surface area contributed by atoms with Crippen LogP contribution in [0.4, 0.5) is 5.69 Å². The van der Waals surface area contributed by atoms with Crippen molar-refractivity contribution < 1.29 is 14.4 Å². The highest BCUT2D eigenvalue weighted by molar-refractivity contribution is 5.90. The zero-order valence-electron chi connectivity index (χ0n) is 16.5. The molecule has 0 unspecified atom stereocenters. The van der Waals surface area contributed by atoms with Gasteiger partial charge in [-0.25, -0.2) is 0 Å². The molecule has 8 nitrogen and oxygen atoms in total. The first-order chi connectivity index (χ1) is 13.5. The highest BCUT2D eigenvalue weighted by Gasteiger charge is 2.35. The lowest BCUT2D eigenvalue weighted by molar-refractivity contribution is -0.142. The molecule has 0 saturated carbocycles. The van der Waals surface area contributed by atoms with Crippen LogP contribution < -0.4 is 5.32 Å². The summed E-state index contributed by atoms with van der Waals surface area (Å²) < 4.78 is 0. The van der Waals surface area contributed by atoms with Gasteiger partial charge in [0.2, 0.25) is 17.7 Å². The molecule has 2 saturated heterocycles. The third-order valence-corrected chi connectivity index (χ3v) is 5.44. The number of carbonyl (C=O) groups is 3. The number of nitrogens with zero attached hydrogens (tertiary/aromatic N) is 4. The van der Waals surface area contributed by atoms with Crippen LogP contribution in [-0.4, -0.2) is 82.7 Å². The Hall–Kier alpha value is -2.48. The van der Waals surface area contributed by atoms with E-state index in [9.17, 15) is 14.4 Å². The number of aromatic nitrogens is 1. The molecular formula is C20H29N5O3. The monoisotopic (exact) mass is 387 g/mol. The van der Waals surface area contributed by atoms with E-state index in [1.807, 2.05) is 11.0 Å². The number of likely N-dealkylation sites (tertiary alicyclic amines) is 1. The van der Waals surface area contributed by atoms with Gasteiger partial charge in [-0.15, -0.1) is 0 Å². The smallest absolute Gasteiger partial charge is 0.245 e. The van der Waals surface area contributed by atoms with E-state index < -0.39 is 0 Å². The number of hydrogen-bond acceptors (Lipinski definition) is 5. The van der Waals surface area contributed by atoms with Gasteiger partial charge in [-0.05, 0) is 37.9 Å². The summed E-state index contributed by atoms with van der Waals surface area (Å²) in [6, 6.07) is 3.30. The van der Waals surface area contributed by atoms with Crippen molar-refractivity contribution in [2.75, 3.05) is 44.6 Å². The normalized spacial score (nSPS) is 20.7. The van der Waals surface area contributed by atoms with Gasteiger partial charge in [-0.1, -0.05) is 0 Å². The Bertz CT molecular complexity index is 696. The van der Waals surface area contributed by atoms with Gasteiger partial charge < -0.3 is 20.0 Å². The number of rotatable bonds is 5. The van der Waals surface area contributed by atoms with Crippen molar-refractivity contribution in [3.63, 3.8) is 0 Å². The van der Waals surface area contributed by atoms with Gasteiger partial charge in [0, 0.05) is 52.3 Å². The molecule has 1 N–H and O–H groups in total. The first-order valence-electron chi connectivity index (χ1n) is 10.0. The van der Waals surface area contributed by atoms with E-state index in [0.29, 0.717) is 38.3 Å². The third-order valence-electron chi connectivity index (χ3n) is 5.44. The van der Waals surface area contributed by atoms with Gasteiger partial charge in [0.25, 0.3) is 0 Å². The Balaban J connectivity index is 1.45. The lowest BCUT2D eigenvalue weighted by Gasteiger charge is -2.29. The maximum Gasteiger partial charge on any atom is 0.245 e. The van der Waals surface area contributed by atoms with Crippen LogP contribution in [0.1, 0.15) is 32.6 Å². The zero-order valence-corrected chi connectivity index (χ0v) is 16.5. The van der Waals surface area contributed by atoms with Crippen LogP contribution in [0.5, 0.6) is 0 Å². The van der Waals surface area contributed by atoms with Crippen molar-refractivity contribution in [3.05, 3.63) is 24.5 Å². The number of pyridine rings is 1. The Morgan fingerprint density at radius 1 is 1.14 bits per heavy atom. The summed E-state index contributed by atoms with van der Waals surface area (Å²) in [5.41, 5.74) is 0.701. The fourth-order valence-electron chi connectivity index (χ4n) is 3.95. The van der Waals surface area contributed by atoms with Crippen molar-refractivity contribution in [2.45, 2.75) is 38.6 Å². The minimum atomic E-state index is -0.297. The molecule has 1 aromatic rings. The van der Waals surface area contributed by atoms with Gasteiger partial charge in [0.15, 0.2) is 0 Å². The molecule has 0 bridgehead atoms. The topological polar surface area (TPSA) is 85.9 Å². The van der Waals surface area contributed by atoms with Crippen molar-refractivity contribution in [3.8, 4) is 0 Å². The quantitative estimate of drug-likeness (QED) is 0.813. The minimum Gasteiger partial charge on any atom is -0.340 e. The van der Waals surface area contributed by atoms with Gasteiger partial charge in [-0.3, -0.25) is 19.4 Å². The summed E-state index contributed by atoms with van der Waals surface area (Å²) in [6.45, 7) is 5.84. The average molecular weight is 387 g/mol. The molecule has 0 radical (unpaired) electrons. The van der Waals surface area contributed by atoms with Crippen molar-refractivity contribution in [1.82, 2.24) is 19.7 Å². The molecular weight excluding hydrogens is 358 g/mol. The number of hydrogen-bond donors (Lipinski definition) is 1. The van der Waals surface area contributed by atoms with Crippen LogP contribution >= 0.6 is 0 Å². The summed E-state index contributed by atoms with van der Waals surface area (Å²) in [5.74, 6) is 0.0176. The predicted molar refractivity (Wildman–Crippen MR) is 106 cm³/mol. The molecule has 28 heavy (non-hydrogen) atoms. The molecule has 1 atom stereocenters. The van der Waals surface area contributed by atoms with Gasteiger partial charge in [-0.2, -0.15) is 0 Å². The van der Waals surface area contributed by atoms with Crippen molar-refractivity contribution in [2.24, 2.45) is 0 Å². The molecule has 3 heterocycles. The second kappa shape index (κ2) is 9.64. The molecule has 152 valence electrons. The molecule has 8 heteroatoms. The summed E-state index contributed by atoms with van der Waals surface area (Å²) >= 11 is 0. The predicted octanol–water partition coefficient (Wildman–Crippen LogP) is 0.955. The van der Waals surface area contributed by atoms with Crippen LogP contribution in [0.2, 0.25) is 0 Å². The average Bonchev–Trinajstić information content (AvgIpc) is 3.06. The van der Waals surface area contributed by atoms with Crippen molar-refractivity contribution in [1.29, 1.82) is 0 Å². The largest absolute Gasteiger partial charge is 0.340 e. The molecule has 3 rings (SSSR count). The number of anilines is 1. The first kappa shape index (κ1) is 20.3. The van der Waals surface area contributed by atoms with E-state index in [1.165, 1.54) is 6.92 Å². The van der Waals surface area contributed by atoms with Gasteiger partial charge in [0.05, 0.1) is 11.9 Å². The van der Waals surface area contributed by atoms with E-state index in [-0.39, 0.29) is 23.8 Å². The fraction of sp³-hybridized carbons (Fsp3) is 0.600. The zero-order chi connectivity index (χ0) is 19.9. The number of nitrogens with one attached hydrogen (secondary N) is 1. The fourth-order valence-corrected chi connectivity index (χ4v) is 3.95. The lowest BCUT2D eigenvalue weighted by Crippen LogP contribution is -2.48. The Kier molecular flexibility index (Phi) is 6.97. The van der Waals surface area contributed by atoms with Crippen molar-refractivity contribution >= 4 is 23.4 Å². The maximum atomic E-state index is 12.9. The van der Waals surface area contributed by atoms with E-state index in [4.69, 9.17) is 0 Å². The summed E-state index contributed by atoms with van der Waals surface area (Å²) in [6.07, 6.45) is 6.23. The third kappa shape index (κ3) is 5.28. The van der Waals surface area contributed by atoms with Gasteiger partial charge in [0.1, 0.15) is 6.04 Å². The Morgan fingerprint density at radius 2 is 2.00 bits per heavy atom. The molecule has 2 aliphatic heterocycles.